The summed E-state index contributed by atoms with van der Waals surface area (Å²) in [4.78, 5) is 75.1. The van der Waals surface area contributed by atoms with Gasteiger partial charge in [0.2, 0.25) is 5.95 Å². The fraction of sp³-hybridized carbons (Fsp3) is 0.400. The minimum Gasteiger partial charge on any atom is -0.459 e. The van der Waals surface area contributed by atoms with Crippen LogP contribution in [0.25, 0.3) is 21.6 Å². The average Bonchev–Trinajstić information content (AvgIpc) is 3.49. The molecule has 0 radical (unpaired) electrons. The molecule has 1 aliphatic rings. The van der Waals surface area contributed by atoms with E-state index < -0.39 is 66.1 Å². The predicted molar refractivity (Wildman–Crippen MR) is 148 cm³/mol. The number of nitrogens with two attached hydrogens (primary N) is 1. The van der Waals surface area contributed by atoms with Crippen LogP contribution in [-0.2, 0) is 47.5 Å². The van der Waals surface area contributed by atoms with E-state index in [9.17, 15) is 33.1 Å². The Hall–Kier alpha value is -3.48. The van der Waals surface area contributed by atoms with Crippen molar-refractivity contribution in [3.63, 3.8) is 0 Å². The number of carbonyl (C=O) groups is 1. The second-order valence-electron chi connectivity index (χ2n) is 9.31. The highest BCUT2D eigenvalue weighted by Crippen LogP contribution is 2.66. The number of nitrogens with one attached hydrogen (secondary N) is 1. The van der Waals surface area contributed by atoms with E-state index in [0.717, 1.165) is 0 Å². The third kappa shape index (κ3) is 9.05. The van der Waals surface area contributed by atoms with Gasteiger partial charge in [0.25, 0.3) is 5.56 Å². The summed E-state index contributed by atoms with van der Waals surface area (Å²) in [6.07, 6.45) is -2.95. The molecule has 2 aromatic heterocycles. The molecule has 3 heterocycles. The van der Waals surface area contributed by atoms with Gasteiger partial charge in [-0.2, -0.15) is 13.6 Å². The first-order chi connectivity index (χ1) is 21.0. The van der Waals surface area contributed by atoms with Gasteiger partial charge in [-0.1, -0.05) is 36.3 Å². The SMILES string of the molecule is CC(N=[N+]=[N-])c1ccccc1CC(=O)O[C@@H]1C[C@H](n2cnc3c(=O)[nH]c(N)nc32)O[C@@H]1COP(=O)(O)OP(=O)(O)OP(=O)(O)O. The summed E-state index contributed by atoms with van der Waals surface area (Å²) in [6.45, 7) is 0.685. The lowest BCUT2D eigenvalue weighted by atomic mass is 9.99. The molecule has 3 aromatic rings. The van der Waals surface area contributed by atoms with Gasteiger partial charge in [0.05, 0.1) is 25.4 Å². The Labute approximate surface area is 251 Å². The number of esters is 1. The summed E-state index contributed by atoms with van der Waals surface area (Å²) in [5.74, 6) is -1.05. The molecule has 1 saturated heterocycles. The quantitative estimate of drug-likeness (QED) is 0.0488. The highest BCUT2D eigenvalue weighted by Gasteiger charge is 2.44. The van der Waals surface area contributed by atoms with Gasteiger partial charge in [-0.3, -0.25) is 23.7 Å². The molecule has 1 fully saturated rings. The molecule has 25 heteroatoms. The van der Waals surface area contributed by atoms with E-state index >= 15 is 0 Å². The van der Waals surface area contributed by atoms with Crippen molar-refractivity contribution in [1.82, 2.24) is 19.5 Å². The molecule has 0 aliphatic carbocycles. The third-order valence-corrected chi connectivity index (χ3v) is 9.91. The minimum atomic E-state index is -5.80. The lowest BCUT2D eigenvalue weighted by molar-refractivity contribution is -0.152. The average molecular weight is 694 g/mol. The normalized spacial score (nSPS) is 21.8. The number of H-pyrrole nitrogens is 1. The molecular formula is C20H25N8O14P3. The van der Waals surface area contributed by atoms with Crippen LogP contribution in [0.3, 0.4) is 0 Å². The number of carbonyl (C=O) groups excluding carboxylic acids is 1. The monoisotopic (exact) mass is 694 g/mol. The topological polar surface area (TPSA) is 334 Å². The molecule has 4 rings (SSSR count). The zero-order valence-electron chi connectivity index (χ0n) is 22.8. The minimum absolute atomic E-state index is 0.0131. The molecule has 0 saturated carbocycles. The molecule has 3 unspecified atom stereocenters. The molecule has 0 spiro atoms. The van der Waals surface area contributed by atoms with Gasteiger partial charge in [0.15, 0.2) is 11.2 Å². The Morgan fingerprint density at radius 2 is 1.96 bits per heavy atom. The number of phosphoric ester groups is 1. The van der Waals surface area contributed by atoms with Gasteiger partial charge in [-0.15, -0.1) is 0 Å². The number of hydrogen-bond acceptors (Lipinski definition) is 14. The van der Waals surface area contributed by atoms with Crippen molar-refractivity contribution in [3.05, 3.63) is 62.5 Å². The number of benzene rings is 1. The Bertz CT molecular complexity index is 1840. The van der Waals surface area contributed by atoms with Crippen molar-refractivity contribution in [1.29, 1.82) is 0 Å². The van der Waals surface area contributed by atoms with Crippen LogP contribution < -0.4 is 11.3 Å². The fourth-order valence-corrected chi connectivity index (χ4v) is 7.41. The second kappa shape index (κ2) is 13.5. The summed E-state index contributed by atoms with van der Waals surface area (Å²) in [5, 5.41) is 3.64. The number of aromatic amines is 1. The number of nitrogen functional groups attached to an aromatic ring is 1. The molecule has 1 aliphatic heterocycles. The van der Waals surface area contributed by atoms with Gasteiger partial charge in [-0.05, 0) is 16.7 Å². The molecule has 22 nitrogen and oxygen atoms in total. The van der Waals surface area contributed by atoms with E-state index in [2.05, 4.69) is 33.6 Å². The summed E-state index contributed by atoms with van der Waals surface area (Å²) in [5.41, 5.74) is 14.7. The first-order valence-electron chi connectivity index (χ1n) is 12.4. The highest BCUT2D eigenvalue weighted by atomic mass is 31.3. The second-order valence-corrected chi connectivity index (χ2v) is 13.7. The van der Waals surface area contributed by atoms with Crippen LogP contribution in [0.4, 0.5) is 5.95 Å². The van der Waals surface area contributed by atoms with Gasteiger partial charge in [0.1, 0.15) is 18.4 Å². The Balaban J connectivity index is 1.56. The van der Waals surface area contributed by atoms with Gasteiger partial charge in [0, 0.05) is 11.3 Å². The number of fused-ring (bicyclic) bond motifs is 1. The van der Waals surface area contributed by atoms with Crippen LogP contribution in [0, 0.1) is 0 Å². The number of nitrogens with zero attached hydrogens (tertiary/aromatic N) is 6. The molecule has 6 atom stereocenters. The zero-order chi connectivity index (χ0) is 33.2. The van der Waals surface area contributed by atoms with Crippen LogP contribution in [-0.4, -0.2) is 63.9 Å². The maximum atomic E-state index is 13.1. The number of ether oxygens (including phenoxy) is 2. The van der Waals surface area contributed by atoms with E-state index in [1.165, 1.54) is 10.9 Å². The molecule has 0 bridgehead atoms. The lowest BCUT2D eigenvalue weighted by Gasteiger charge is -2.21. The van der Waals surface area contributed by atoms with Crippen molar-refractivity contribution in [2.24, 2.45) is 5.11 Å². The molecule has 1 aromatic carbocycles. The number of anilines is 1. The number of hydrogen-bond donors (Lipinski definition) is 6. The van der Waals surface area contributed by atoms with Crippen LogP contribution >= 0.6 is 23.5 Å². The third-order valence-electron chi connectivity index (χ3n) is 6.11. The summed E-state index contributed by atoms with van der Waals surface area (Å²) in [6, 6.07) is 5.99. The standard InChI is InChI=1S/C20H25N8O14P3/c1-10(26-27-22)12-5-3-2-4-11(12)6-16(29)40-13-7-15(28-9-23-17-18(28)24-20(21)25-19(17)30)39-14(13)8-38-44(34,35)42-45(36,37)41-43(31,32)33/h2-5,9-10,13-15H,6-8H2,1H3,(H,34,35)(H,36,37)(H2,31,32,33)(H3,21,24,25,30)/t10?,13-,14-,15-/m1/s1. The lowest BCUT2D eigenvalue weighted by Crippen LogP contribution is -2.31. The molecule has 7 N–H and O–H groups in total. The van der Waals surface area contributed by atoms with Crippen molar-refractivity contribution in [2.75, 3.05) is 12.3 Å². The molecule has 0 amide bonds. The van der Waals surface area contributed by atoms with Crippen LogP contribution in [0.15, 0.2) is 40.5 Å². The van der Waals surface area contributed by atoms with E-state index in [1.807, 2.05) is 0 Å². The number of azide groups is 1. The van der Waals surface area contributed by atoms with E-state index in [-0.39, 0.29) is 30.0 Å². The Morgan fingerprint density at radius 3 is 2.64 bits per heavy atom. The number of aromatic nitrogens is 4. The number of rotatable bonds is 13. The Kier molecular flexibility index (Phi) is 10.3. The van der Waals surface area contributed by atoms with Gasteiger partial charge < -0.3 is 34.8 Å². The molecule has 244 valence electrons. The van der Waals surface area contributed by atoms with Crippen molar-refractivity contribution in [3.8, 4) is 0 Å². The predicted octanol–water partition coefficient (Wildman–Crippen LogP) is 1.86. The van der Waals surface area contributed by atoms with Crippen molar-refractivity contribution in [2.45, 2.75) is 44.2 Å². The first kappa shape index (κ1) is 34.4. The van der Waals surface area contributed by atoms with Gasteiger partial charge >= 0.3 is 29.4 Å². The fourth-order valence-electron chi connectivity index (χ4n) is 4.38. The summed E-state index contributed by atoms with van der Waals surface area (Å²) in [7, 11) is -17.0. The highest BCUT2D eigenvalue weighted by molar-refractivity contribution is 7.66. The van der Waals surface area contributed by atoms with Crippen LogP contribution in [0.5, 0.6) is 0 Å². The van der Waals surface area contributed by atoms with Gasteiger partial charge in [-0.25, -0.2) is 18.7 Å². The van der Waals surface area contributed by atoms with E-state index in [0.29, 0.717) is 11.1 Å². The van der Waals surface area contributed by atoms with Crippen LogP contribution in [0.1, 0.15) is 36.7 Å². The smallest absolute Gasteiger partial charge is 0.459 e. The number of imidazole rings is 1. The molecule has 45 heavy (non-hydrogen) atoms. The summed E-state index contributed by atoms with van der Waals surface area (Å²) >= 11 is 0. The van der Waals surface area contributed by atoms with E-state index in [1.54, 1.807) is 31.2 Å². The number of phosphoric acid groups is 3. The zero-order valence-corrected chi connectivity index (χ0v) is 25.5. The van der Waals surface area contributed by atoms with E-state index in [4.69, 9.17) is 35.0 Å². The Morgan fingerprint density at radius 1 is 1.24 bits per heavy atom. The maximum absolute atomic E-state index is 13.1. The largest absolute Gasteiger partial charge is 0.490 e. The molecular weight excluding hydrogens is 669 g/mol. The first-order valence-corrected chi connectivity index (χ1v) is 17.0. The maximum Gasteiger partial charge on any atom is 0.490 e. The van der Waals surface area contributed by atoms with Crippen molar-refractivity contribution < 1.29 is 60.7 Å². The summed E-state index contributed by atoms with van der Waals surface area (Å²) < 4.78 is 59.8. The van der Waals surface area contributed by atoms with Crippen LogP contribution in [0.2, 0.25) is 0 Å². The van der Waals surface area contributed by atoms with Crippen molar-refractivity contribution >= 4 is 46.5 Å².